The van der Waals surface area contributed by atoms with E-state index in [2.05, 4.69) is 30.1 Å². The fraction of sp³-hybridized carbons (Fsp3) is 0.647. The normalized spacial score (nSPS) is 16.8. The lowest BCUT2D eigenvalue weighted by Crippen LogP contribution is -2.45. The third kappa shape index (κ3) is 6.04. The Bertz CT molecular complexity index is 435. The first-order chi connectivity index (χ1) is 9.58. The summed E-state index contributed by atoms with van der Waals surface area (Å²) in [7, 11) is 0. The molecule has 2 nitrogen and oxygen atoms in total. The van der Waals surface area contributed by atoms with E-state index < -0.39 is 0 Å². The number of halogens is 3. The van der Waals surface area contributed by atoms with Crippen molar-refractivity contribution in [3.8, 4) is 0 Å². The van der Waals surface area contributed by atoms with Gasteiger partial charge < -0.3 is 5.32 Å². The van der Waals surface area contributed by atoms with Gasteiger partial charge in [-0.3, -0.25) is 4.90 Å². The summed E-state index contributed by atoms with van der Waals surface area (Å²) in [5, 5.41) is 3.39. The van der Waals surface area contributed by atoms with E-state index in [4.69, 9.17) is 0 Å². The number of piperazine rings is 1. The molecule has 128 valence electrons. The zero-order valence-electron chi connectivity index (χ0n) is 13.8. The van der Waals surface area contributed by atoms with Crippen LogP contribution in [0.3, 0.4) is 0 Å². The summed E-state index contributed by atoms with van der Waals surface area (Å²) >= 11 is 0. The predicted octanol–water partition coefficient (Wildman–Crippen LogP) is 4.36. The summed E-state index contributed by atoms with van der Waals surface area (Å²) in [6.07, 6.45) is 2.30. The van der Waals surface area contributed by atoms with Gasteiger partial charge in [-0.05, 0) is 42.9 Å². The Kier molecular flexibility index (Phi) is 10.3. The summed E-state index contributed by atoms with van der Waals surface area (Å²) in [6, 6.07) is 6.11. The molecule has 5 heteroatoms. The van der Waals surface area contributed by atoms with Crippen molar-refractivity contribution in [2.24, 2.45) is 5.92 Å². The average Bonchev–Trinajstić information content (AvgIpc) is 2.44. The second-order valence-corrected chi connectivity index (χ2v) is 6.28. The van der Waals surface area contributed by atoms with Crippen LogP contribution in [-0.2, 0) is 0 Å². The largest absolute Gasteiger partial charge is 0.314 e. The SMILES string of the molecule is Cc1ccc([C@H](CCC(C)C)N2CCNCC2)cc1F.Cl.Cl. The smallest absolute Gasteiger partial charge is 0.126 e. The van der Waals surface area contributed by atoms with E-state index in [0.717, 1.165) is 43.7 Å². The van der Waals surface area contributed by atoms with Crippen molar-refractivity contribution in [1.82, 2.24) is 10.2 Å². The van der Waals surface area contributed by atoms with E-state index in [1.54, 1.807) is 6.07 Å². The molecule has 0 saturated carbocycles. The number of nitrogens with zero attached hydrogens (tertiary/aromatic N) is 1. The van der Waals surface area contributed by atoms with Crippen LogP contribution < -0.4 is 5.32 Å². The molecule has 0 aromatic heterocycles. The molecule has 0 spiro atoms. The van der Waals surface area contributed by atoms with Crippen LogP contribution in [-0.4, -0.2) is 31.1 Å². The molecule has 1 fully saturated rings. The first-order valence-corrected chi connectivity index (χ1v) is 7.78. The third-order valence-electron chi connectivity index (χ3n) is 4.19. The predicted molar refractivity (Wildman–Crippen MR) is 96.9 cm³/mol. The quantitative estimate of drug-likeness (QED) is 0.848. The maximum absolute atomic E-state index is 13.9. The number of hydrogen-bond acceptors (Lipinski definition) is 2. The van der Waals surface area contributed by atoms with Gasteiger partial charge >= 0.3 is 0 Å². The highest BCUT2D eigenvalue weighted by molar-refractivity contribution is 5.85. The highest BCUT2D eigenvalue weighted by Gasteiger charge is 2.22. The summed E-state index contributed by atoms with van der Waals surface area (Å²) in [5.74, 6) is 0.614. The van der Waals surface area contributed by atoms with E-state index in [0.29, 0.717) is 12.0 Å². The minimum atomic E-state index is -0.0767. The molecule has 1 N–H and O–H groups in total. The Morgan fingerprint density at radius 2 is 1.77 bits per heavy atom. The maximum atomic E-state index is 13.9. The second kappa shape index (κ2) is 10.4. The van der Waals surface area contributed by atoms with Crippen LogP contribution >= 0.6 is 24.8 Å². The van der Waals surface area contributed by atoms with Crippen LogP contribution in [0.1, 0.15) is 43.9 Å². The molecule has 0 amide bonds. The Labute approximate surface area is 146 Å². The highest BCUT2D eigenvalue weighted by Crippen LogP contribution is 2.28. The molecule has 22 heavy (non-hydrogen) atoms. The summed E-state index contributed by atoms with van der Waals surface area (Å²) in [5.41, 5.74) is 1.87. The van der Waals surface area contributed by atoms with Gasteiger partial charge in [-0.25, -0.2) is 4.39 Å². The van der Waals surface area contributed by atoms with Crippen molar-refractivity contribution in [1.29, 1.82) is 0 Å². The molecule has 1 aliphatic heterocycles. The van der Waals surface area contributed by atoms with Gasteiger partial charge in [-0.2, -0.15) is 0 Å². The van der Waals surface area contributed by atoms with Gasteiger partial charge in [0.15, 0.2) is 0 Å². The van der Waals surface area contributed by atoms with Crippen LogP contribution in [0.2, 0.25) is 0 Å². The molecule has 0 aliphatic carbocycles. The van der Waals surface area contributed by atoms with Gasteiger partial charge in [0, 0.05) is 32.2 Å². The number of benzene rings is 1. The molecule has 0 unspecified atom stereocenters. The van der Waals surface area contributed by atoms with Gasteiger partial charge in [0.2, 0.25) is 0 Å². The van der Waals surface area contributed by atoms with Crippen molar-refractivity contribution >= 4 is 24.8 Å². The van der Waals surface area contributed by atoms with Gasteiger partial charge in [0.25, 0.3) is 0 Å². The lowest BCUT2D eigenvalue weighted by Gasteiger charge is -2.35. The number of hydrogen-bond donors (Lipinski definition) is 1. The van der Waals surface area contributed by atoms with Crippen LogP contribution in [0.5, 0.6) is 0 Å². The highest BCUT2D eigenvalue weighted by atomic mass is 35.5. The zero-order chi connectivity index (χ0) is 14.5. The summed E-state index contributed by atoms with van der Waals surface area (Å²) in [6.45, 7) is 10.5. The van der Waals surface area contributed by atoms with Gasteiger partial charge in [0.1, 0.15) is 5.82 Å². The Balaban J connectivity index is 0.00000220. The Morgan fingerprint density at radius 3 is 2.32 bits per heavy atom. The standard InChI is InChI=1S/C17H27FN2.2ClH/c1-13(2)4-7-17(20-10-8-19-9-11-20)15-6-5-14(3)16(18)12-15;;/h5-6,12-13,17,19H,4,7-11H2,1-3H3;2*1H/t17-;;/m0../s1. The van der Waals surface area contributed by atoms with E-state index in [-0.39, 0.29) is 30.6 Å². The average molecular weight is 351 g/mol. The van der Waals surface area contributed by atoms with E-state index in [1.807, 2.05) is 13.0 Å². The molecule has 1 aromatic rings. The lowest BCUT2D eigenvalue weighted by molar-refractivity contribution is 0.159. The number of rotatable bonds is 5. The molecule has 0 radical (unpaired) electrons. The van der Waals surface area contributed by atoms with Crippen LogP contribution in [0.15, 0.2) is 18.2 Å². The molecule has 1 saturated heterocycles. The monoisotopic (exact) mass is 350 g/mol. The molecule has 2 rings (SSSR count). The van der Waals surface area contributed by atoms with Gasteiger partial charge in [-0.15, -0.1) is 24.8 Å². The van der Waals surface area contributed by atoms with Crippen molar-refractivity contribution < 1.29 is 4.39 Å². The number of nitrogens with one attached hydrogen (secondary N) is 1. The maximum Gasteiger partial charge on any atom is 0.126 e. The number of aryl methyl sites for hydroxylation is 1. The van der Waals surface area contributed by atoms with Crippen molar-refractivity contribution in [3.63, 3.8) is 0 Å². The van der Waals surface area contributed by atoms with Crippen LogP contribution in [0, 0.1) is 18.7 Å². The second-order valence-electron chi connectivity index (χ2n) is 6.28. The van der Waals surface area contributed by atoms with E-state index in [9.17, 15) is 4.39 Å². The van der Waals surface area contributed by atoms with Crippen LogP contribution in [0.25, 0.3) is 0 Å². The molecule has 1 atom stereocenters. The Morgan fingerprint density at radius 1 is 1.14 bits per heavy atom. The summed E-state index contributed by atoms with van der Waals surface area (Å²) < 4.78 is 13.9. The lowest BCUT2D eigenvalue weighted by atomic mass is 9.95. The third-order valence-corrected chi connectivity index (χ3v) is 4.19. The van der Waals surface area contributed by atoms with Crippen molar-refractivity contribution in [3.05, 3.63) is 35.1 Å². The fourth-order valence-corrected chi connectivity index (χ4v) is 2.86. The molecule has 1 aliphatic rings. The van der Waals surface area contributed by atoms with Crippen LogP contribution in [0.4, 0.5) is 4.39 Å². The minimum absolute atomic E-state index is 0. The van der Waals surface area contributed by atoms with Gasteiger partial charge in [-0.1, -0.05) is 26.0 Å². The minimum Gasteiger partial charge on any atom is -0.314 e. The zero-order valence-corrected chi connectivity index (χ0v) is 15.4. The van der Waals surface area contributed by atoms with E-state index in [1.165, 1.54) is 6.42 Å². The van der Waals surface area contributed by atoms with Crippen molar-refractivity contribution in [2.45, 2.75) is 39.7 Å². The molecule has 1 aromatic carbocycles. The Hall–Kier alpha value is -0.350. The summed E-state index contributed by atoms with van der Waals surface area (Å²) in [4.78, 5) is 2.50. The van der Waals surface area contributed by atoms with E-state index >= 15 is 0 Å². The topological polar surface area (TPSA) is 15.3 Å². The fourth-order valence-electron chi connectivity index (χ4n) is 2.86. The van der Waals surface area contributed by atoms with Gasteiger partial charge in [0.05, 0.1) is 0 Å². The molecule has 1 heterocycles. The molecular weight excluding hydrogens is 322 g/mol. The first-order valence-electron chi connectivity index (χ1n) is 7.78. The van der Waals surface area contributed by atoms with Crippen molar-refractivity contribution in [2.75, 3.05) is 26.2 Å². The molecular formula is C17H29Cl2FN2. The first kappa shape index (κ1) is 21.6. The molecule has 0 bridgehead atoms.